The molecule has 5 rings (SSSR count). The van der Waals surface area contributed by atoms with E-state index in [0.717, 1.165) is 46.5 Å². The Morgan fingerprint density at radius 2 is 1.76 bits per heavy atom. The fourth-order valence-electron chi connectivity index (χ4n) is 3.90. The van der Waals surface area contributed by atoms with Crippen LogP contribution in [0.3, 0.4) is 0 Å². The maximum atomic E-state index is 6.55. The summed E-state index contributed by atoms with van der Waals surface area (Å²) in [6.07, 6.45) is 2.48. The van der Waals surface area contributed by atoms with Gasteiger partial charge in [0.1, 0.15) is 0 Å². The van der Waals surface area contributed by atoms with Gasteiger partial charge in [0.2, 0.25) is 0 Å². The number of rotatable bonds is 4. The second-order valence-corrected chi connectivity index (χ2v) is 9.52. The van der Waals surface area contributed by atoms with Crippen molar-refractivity contribution in [3.05, 3.63) is 62.7 Å². The molecule has 1 saturated heterocycles. The van der Waals surface area contributed by atoms with E-state index in [-0.39, 0.29) is 0 Å². The van der Waals surface area contributed by atoms with E-state index in [1.165, 1.54) is 23.3 Å². The summed E-state index contributed by atoms with van der Waals surface area (Å²) in [6.45, 7) is 2.86. The highest BCUT2D eigenvalue weighted by molar-refractivity contribution is 7.98. The number of nitrogens with one attached hydrogen (secondary N) is 1. The van der Waals surface area contributed by atoms with Crippen molar-refractivity contribution in [3.63, 3.8) is 0 Å². The van der Waals surface area contributed by atoms with Crippen LogP contribution in [-0.4, -0.2) is 27.9 Å². The van der Waals surface area contributed by atoms with Crippen molar-refractivity contribution >= 4 is 46.6 Å². The molecule has 4 nitrogen and oxygen atoms in total. The number of halogens is 3. The van der Waals surface area contributed by atoms with Gasteiger partial charge in [-0.1, -0.05) is 40.9 Å². The molecule has 29 heavy (non-hydrogen) atoms. The molecular formula is C21H19Cl3N4S. The lowest BCUT2D eigenvalue weighted by molar-refractivity contribution is 0.229. The van der Waals surface area contributed by atoms with Gasteiger partial charge in [-0.15, -0.1) is 11.8 Å². The SMILES string of the molecule is Clc1ccc(-n2nc(CNN3CCCC3)c3c2-c2ccc(Cl)cc2CS3)c(Cl)c1. The summed E-state index contributed by atoms with van der Waals surface area (Å²) in [7, 11) is 0. The van der Waals surface area contributed by atoms with E-state index >= 15 is 0 Å². The van der Waals surface area contributed by atoms with Gasteiger partial charge in [0, 0.05) is 34.5 Å². The van der Waals surface area contributed by atoms with Gasteiger partial charge in [-0.05, 0) is 48.7 Å². The number of thioether (sulfide) groups is 1. The van der Waals surface area contributed by atoms with Gasteiger partial charge in [-0.25, -0.2) is 15.1 Å². The highest BCUT2D eigenvalue weighted by Crippen LogP contribution is 2.45. The maximum absolute atomic E-state index is 6.55. The molecule has 0 saturated carbocycles. The minimum Gasteiger partial charge on any atom is -0.249 e. The molecule has 3 aromatic rings. The van der Waals surface area contributed by atoms with Crippen molar-refractivity contribution in [3.8, 4) is 16.9 Å². The minimum absolute atomic E-state index is 0.577. The third-order valence-corrected chi connectivity index (χ3v) is 7.26. The Morgan fingerprint density at radius 1 is 1.00 bits per heavy atom. The molecule has 0 spiro atoms. The highest BCUT2D eigenvalue weighted by Gasteiger charge is 2.27. The average molecular weight is 466 g/mol. The van der Waals surface area contributed by atoms with Crippen LogP contribution in [0.5, 0.6) is 0 Å². The summed E-state index contributed by atoms with van der Waals surface area (Å²) in [4.78, 5) is 1.19. The first-order valence-electron chi connectivity index (χ1n) is 9.57. The first kappa shape index (κ1) is 19.7. The predicted molar refractivity (Wildman–Crippen MR) is 121 cm³/mol. The van der Waals surface area contributed by atoms with Gasteiger partial charge in [0.05, 0.1) is 33.5 Å². The van der Waals surface area contributed by atoms with Gasteiger partial charge < -0.3 is 0 Å². The molecule has 0 aliphatic carbocycles. The van der Waals surface area contributed by atoms with Crippen LogP contribution in [0.15, 0.2) is 41.3 Å². The zero-order chi connectivity index (χ0) is 20.0. The maximum Gasteiger partial charge on any atom is 0.0923 e. The molecule has 3 heterocycles. The number of hydrogen-bond acceptors (Lipinski definition) is 4. The Labute approximate surface area is 189 Å². The quantitative estimate of drug-likeness (QED) is 0.497. The van der Waals surface area contributed by atoms with Gasteiger partial charge in [-0.3, -0.25) is 0 Å². The lowest BCUT2D eigenvalue weighted by atomic mass is 10.0. The molecule has 0 radical (unpaired) electrons. The van der Waals surface area contributed by atoms with Gasteiger partial charge in [0.25, 0.3) is 0 Å². The van der Waals surface area contributed by atoms with Crippen LogP contribution in [0, 0.1) is 0 Å². The molecule has 2 aliphatic rings. The van der Waals surface area contributed by atoms with E-state index in [1.807, 2.05) is 28.9 Å². The molecule has 1 fully saturated rings. The predicted octanol–water partition coefficient (Wildman–Crippen LogP) is 6.21. The van der Waals surface area contributed by atoms with Crippen LogP contribution in [0.25, 0.3) is 16.9 Å². The normalized spacial score (nSPS) is 16.1. The fourth-order valence-corrected chi connectivity index (χ4v) is 5.74. The van der Waals surface area contributed by atoms with Crippen molar-refractivity contribution in [2.24, 2.45) is 0 Å². The van der Waals surface area contributed by atoms with E-state index in [1.54, 1.807) is 17.8 Å². The molecule has 0 amide bonds. The Kier molecular flexibility index (Phi) is 5.54. The number of aromatic nitrogens is 2. The lowest BCUT2D eigenvalue weighted by Crippen LogP contribution is -2.34. The van der Waals surface area contributed by atoms with Crippen LogP contribution in [0.2, 0.25) is 15.1 Å². The van der Waals surface area contributed by atoms with Crippen LogP contribution >= 0.6 is 46.6 Å². The summed E-state index contributed by atoms with van der Waals surface area (Å²) in [6, 6.07) is 11.6. The molecule has 0 unspecified atom stereocenters. The number of hydrazine groups is 1. The van der Waals surface area contributed by atoms with Gasteiger partial charge in [-0.2, -0.15) is 5.10 Å². The van der Waals surface area contributed by atoms with Crippen molar-refractivity contribution < 1.29 is 0 Å². The zero-order valence-electron chi connectivity index (χ0n) is 15.6. The second-order valence-electron chi connectivity index (χ2n) is 7.25. The van der Waals surface area contributed by atoms with Crippen LogP contribution in [0.4, 0.5) is 0 Å². The first-order chi connectivity index (χ1) is 14.1. The third-order valence-electron chi connectivity index (χ3n) is 5.32. The summed E-state index contributed by atoms with van der Waals surface area (Å²) in [5.74, 6) is 0.875. The van der Waals surface area contributed by atoms with E-state index in [0.29, 0.717) is 16.6 Å². The number of benzene rings is 2. The standard InChI is InChI=1S/C21H19Cl3N4S/c22-14-3-5-16-13(9-14)12-29-21-18(11-25-27-7-1-2-8-27)26-28(20(16)21)19-6-4-15(23)10-17(19)24/h3-6,9-10,25H,1-2,7-8,11-12H2. The van der Waals surface area contributed by atoms with E-state index in [9.17, 15) is 0 Å². The van der Waals surface area contributed by atoms with E-state index < -0.39 is 0 Å². The number of fused-ring (bicyclic) bond motifs is 3. The molecule has 0 atom stereocenters. The molecular weight excluding hydrogens is 447 g/mol. The Morgan fingerprint density at radius 3 is 2.55 bits per heavy atom. The smallest absolute Gasteiger partial charge is 0.0923 e. The topological polar surface area (TPSA) is 33.1 Å². The Balaban J connectivity index is 1.62. The number of hydrogen-bond donors (Lipinski definition) is 1. The van der Waals surface area contributed by atoms with E-state index in [4.69, 9.17) is 39.9 Å². The van der Waals surface area contributed by atoms with Crippen molar-refractivity contribution in [2.45, 2.75) is 30.0 Å². The Bertz CT molecular complexity index is 1080. The average Bonchev–Trinajstić information content (AvgIpc) is 3.34. The molecule has 1 N–H and O–H groups in total. The molecule has 0 bridgehead atoms. The summed E-state index contributed by atoms with van der Waals surface area (Å²) < 4.78 is 1.95. The van der Waals surface area contributed by atoms with E-state index in [2.05, 4.69) is 16.5 Å². The monoisotopic (exact) mass is 464 g/mol. The first-order valence-corrected chi connectivity index (χ1v) is 11.7. The summed E-state index contributed by atoms with van der Waals surface area (Å²) >= 11 is 20.7. The zero-order valence-corrected chi connectivity index (χ0v) is 18.7. The largest absolute Gasteiger partial charge is 0.249 e. The second kappa shape index (κ2) is 8.14. The Hall–Kier alpha value is -1.21. The molecule has 2 aliphatic heterocycles. The van der Waals surface area contributed by atoms with Crippen molar-refractivity contribution in [2.75, 3.05) is 13.1 Å². The van der Waals surface area contributed by atoms with Gasteiger partial charge >= 0.3 is 0 Å². The van der Waals surface area contributed by atoms with Crippen LogP contribution < -0.4 is 5.43 Å². The summed E-state index contributed by atoms with van der Waals surface area (Å²) in [5, 5.41) is 9.20. The third kappa shape index (κ3) is 3.80. The van der Waals surface area contributed by atoms with Gasteiger partial charge in [0.15, 0.2) is 0 Å². The molecule has 1 aromatic heterocycles. The number of nitrogens with zero attached hydrogens (tertiary/aromatic N) is 3. The minimum atomic E-state index is 0.577. The fraction of sp³-hybridized carbons (Fsp3) is 0.286. The van der Waals surface area contributed by atoms with Crippen LogP contribution in [0.1, 0.15) is 24.1 Å². The molecule has 2 aromatic carbocycles. The molecule has 150 valence electrons. The molecule has 8 heteroatoms. The van der Waals surface area contributed by atoms with Crippen LogP contribution in [-0.2, 0) is 12.3 Å². The van der Waals surface area contributed by atoms with Crippen molar-refractivity contribution in [1.29, 1.82) is 0 Å². The summed E-state index contributed by atoms with van der Waals surface area (Å²) in [5.41, 5.74) is 8.81. The highest BCUT2D eigenvalue weighted by atomic mass is 35.5. The lowest BCUT2D eigenvalue weighted by Gasteiger charge is -2.20. The van der Waals surface area contributed by atoms with Crippen molar-refractivity contribution in [1.82, 2.24) is 20.2 Å².